The minimum absolute atomic E-state index is 0.00982. The minimum atomic E-state index is -0.0622. The average Bonchev–Trinajstić information content (AvgIpc) is 2.79. The van der Waals surface area contributed by atoms with Crippen molar-refractivity contribution in [3.8, 4) is 0 Å². The van der Waals surface area contributed by atoms with Gasteiger partial charge in [0.05, 0.1) is 10.7 Å². The highest BCUT2D eigenvalue weighted by Crippen LogP contribution is 2.17. The van der Waals surface area contributed by atoms with Crippen molar-refractivity contribution in [2.24, 2.45) is 0 Å². The molecule has 2 aromatic rings. The highest BCUT2D eigenvalue weighted by molar-refractivity contribution is 9.10. The van der Waals surface area contributed by atoms with Crippen LogP contribution in [0.4, 0.5) is 0 Å². The fourth-order valence-corrected chi connectivity index (χ4v) is 2.78. The summed E-state index contributed by atoms with van der Waals surface area (Å²) >= 11 is 3.34. The van der Waals surface area contributed by atoms with Crippen LogP contribution in [0.25, 0.3) is 5.65 Å². The Bertz CT molecular complexity index is 666. The second-order valence-electron chi connectivity index (χ2n) is 5.64. The topological polar surface area (TPSA) is 62.5 Å². The van der Waals surface area contributed by atoms with E-state index in [9.17, 15) is 4.79 Å². The summed E-state index contributed by atoms with van der Waals surface area (Å²) in [5.74, 6) is -0.00982. The molecule has 1 aliphatic heterocycles. The summed E-state index contributed by atoms with van der Waals surface area (Å²) in [6, 6.07) is 0. The van der Waals surface area contributed by atoms with E-state index >= 15 is 0 Å². The lowest BCUT2D eigenvalue weighted by Crippen LogP contribution is -2.58. The summed E-state index contributed by atoms with van der Waals surface area (Å²) in [5, 5.41) is 7.59. The Morgan fingerprint density at radius 3 is 3.00 bits per heavy atom. The number of halogens is 1. The molecule has 0 bridgehead atoms. The van der Waals surface area contributed by atoms with Gasteiger partial charge in [-0.2, -0.15) is 5.10 Å². The first kappa shape index (κ1) is 13.5. The van der Waals surface area contributed by atoms with Crippen LogP contribution in [0, 0.1) is 0 Å². The maximum atomic E-state index is 12.6. The van der Waals surface area contributed by atoms with Gasteiger partial charge in [0.25, 0.3) is 5.91 Å². The molecule has 0 atom stereocenters. The smallest absolute Gasteiger partial charge is 0.259 e. The monoisotopic (exact) mass is 337 g/mol. The van der Waals surface area contributed by atoms with Gasteiger partial charge in [-0.1, -0.05) is 0 Å². The largest absolute Gasteiger partial charge is 0.335 e. The summed E-state index contributed by atoms with van der Waals surface area (Å²) in [7, 11) is 0. The molecule has 1 fully saturated rings. The molecule has 20 heavy (non-hydrogen) atoms. The van der Waals surface area contributed by atoms with Crippen LogP contribution in [-0.4, -0.2) is 50.6 Å². The molecule has 106 valence electrons. The Morgan fingerprint density at radius 1 is 1.45 bits per heavy atom. The number of rotatable bonds is 1. The van der Waals surface area contributed by atoms with Gasteiger partial charge in [0, 0.05) is 37.6 Å². The highest BCUT2D eigenvalue weighted by Gasteiger charge is 2.30. The molecule has 1 amide bonds. The Labute approximate surface area is 125 Å². The Balaban J connectivity index is 1.92. The van der Waals surface area contributed by atoms with E-state index in [0.29, 0.717) is 24.3 Å². The second kappa shape index (κ2) is 4.82. The number of carbonyl (C=O) groups is 1. The van der Waals surface area contributed by atoms with Gasteiger partial charge < -0.3 is 10.2 Å². The van der Waals surface area contributed by atoms with Gasteiger partial charge in [0.15, 0.2) is 5.65 Å². The van der Waals surface area contributed by atoms with Gasteiger partial charge in [-0.15, -0.1) is 0 Å². The first-order valence-corrected chi connectivity index (χ1v) is 7.29. The van der Waals surface area contributed by atoms with Crippen LogP contribution in [0.15, 0.2) is 23.1 Å². The number of fused-ring (bicyclic) bond motifs is 1. The second-order valence-corrected chi connectivity index (χ2v) is 6.55. The molecule has 2 aromatic heterocycles. The lowest BCUT2D eigenvalue weighted by atomic mass is 10.0. The lowest BCUT2D eigenvalue weighted by molar-refractivity contribution is 0.0654. The van der Waals surface area contributed by atoms with E-state index in [-0.39, 0.29) is 11.4 Å². The standard InChI is InChI=1S/C13H16BrN5O/c1-13(2)8-18(4-3-16-13)12(20)10-6-17-19-7-9(14)5-15-11(10)19/h5-7,16H,3-4,8H2,1-2H3. The van der Waals surface area contributed by atoms with Gasteiger partial charge in [-0.05, 0) is 29.8 Å². The molecule has 6 nitrogen and oxygen atoms in total. The van der Waals surface area contributed by atoms with E-state index in [0.717, 1.165) is 11.0 Å². The molecule has 0 aliphatic carbocycles. The SMILES string of the molecule is CC1(C)CN(C(=O)c2cnn3cc(Br)cnc23)CCN1. The zero-order valence-electron chi connectivity index (χ0n) is 11.4. The number of hydrogen-bond acceptors (Lipinski definition) is 4. The van der Waals surface area contributed by atoms with E-state index in [1.807, 2.05) is 4.90 Å². The first-order chi connectivity index (χ1) is 9.46. The molecule has 1 aliphatic rings. The first-order valence-electron chi connectivity index (χ1n) is 6.49. The third-order valence-electron chi connectivity index (χ3n) is 3.41. The molecule has 1 saturated heterocycles. The Hall–Kier alpha value is -1.47. The van der Waals surface area contributed by atoms with Crippen LogP contribution in [0.1, 0.15) is 24.2 Å². The van der Waals surface area contributed by atoms with Gasteiger partial charge in [-0.3, -0.25) is 4.79 Å². The van der Waals surface area contributed by atoms with Crippen LogP contribution in [0.2, 0.25) is 0 Å². The van der Waals surface area contributed by atoms with Gasteiger partial charge in [0.2, 0.25) is 0 Å². The molecule has 0 saturated carbocycles. The highest BCUT2D eigenvalue weighted by atomic mass is 79.9. The van der Waals surface area contributed by atoms with Crippen molar-refractivity contribution in [2.75, 3.05) is 19.6 Å². The van der Waals surface area contributed by atoms with Crippen LogP contribution < -0.4 is 5.32 Å². The van der Waals surface area contributed by atoms with Crippen molar-refractivity contribution in [2.45, 2.75) is 19.4 Å². The Morgan fingerprint density at radius 2 is 2.25 bits per heavy atom. The summed E-state index contributed by atoms with van der Waals surface area (Å²) in [5.41, 5.74) is 1.08. The van der Waals surface area contributed by atoms with Crippen molar-refractivity contribution in [1.82, 2.24) is 24.8 Å². The summed E-state index contributed by atoms with van der Waals surface area (Å²) in [4.78, 5) is 18.8. The summed E-state index contributed by atoms with van der Waals surface area (Å²) in [6.07, 6.45) is 5.06. The van der Waals surface area contributed by atoms with Crippen molar-refractivity contribution in [1.29, 1.82) is 0 Å². The van der Waals surface area contributed by atoms with Crippen molar-refractivity contribution < 1.29 is 4.79 Å². The lowest BCUT2D eigenvalue weighted by Gasteiger charge is -2.38. The quantitative estimate of drug-likeness (QED) is 0.852. The van der Waals surface area contributed by atoms with Gasteiger partial charge in [0.1, 0.15) is 5.56 Å². The molecular weight excluding hydrogens is 322 g/mol. The molecule has 7 heteroatoms. The maximum absolute atomic E-state index is 12.6. The number of carbonyl (C=O) groups excluding carboxylic acids is 1. The molecular formula is C13H16BrN5O. The minimum Gasteiger partial charge on any atom is -0.335 e. The van der Waals surface area contributed by atoms with Gasteiger partial charge in [-0.25, -0.2) is 9.50 Å². The van der Waals surface area contributed by atoms with E-state index in [1.54, 1.807) is 23.1 Å². The number of nitrogens with zero attached hydrogens (tertiary/aromatic N) is 4. The molecule has 0 unspecified atom stereocenters. The zero-order chi connectivity index (χ0) is 14.3. The van der Waals surface area contributed by atoms with E-state index < -0.39 is 0 Å². The Kier molecular flexibility index (Phi) is 3.25. The van der Waals surface area contributed by atoms with Crippen molar-refractivity contribution in [3.05, 3.63) is 28.6 Å². The fourth-order valence-electron chi connectivity index (χ4n) is 2.49. The summed E-state index contributed by atoms with van der Waals surface area (Å²) in [6.45, 7) is 6.38. The van der Waals surface area contributed by atoms with Gasteiger partial charge >= 0.3 is 0 Å². The third kappa shape index (κ3) is 2.43. The molecule has 0 aromatic carbocycles. The van der Waals surface area contributed by atoms with Crippen LogP contribution in [-0.2, 0) is 0 Å². The normalized spacial score (nSPS) is 18.4. The molecule has 0 spiro atoms. The molecule has 1 N–H and O–H groups in total. The van der Waals surface area contributed by atoms with Crippen LogP contribution in [0.3, 0.4) is 0 Å². The maximum Gasteiger partial charge on any atom is 0.259 e. The summed E-state index contributed by atoms with van der Waals surface area (Å²) < 4.78 is 2.44. The number of amides is 1. The molecule has 3 rings (SSSR count). The van der Waals surface area contributed by atoms with Crippen LogP contribution in [0.5, 0.6) is 0 Å². The number of aromatic nitrogens is 3. The number of piperazine rings is 1. The average molecular weight is 338 g/mol. The molecule has 3 heterocycles. The molecule has 0 radical (unpaired) electrons. The third-order valence-corrected chi connectivity index (χ3v) is 3.82. The van der Waals surface area contributed by atoms with E-state index in [2.05, 4.69) is 45.2 Å². The number of nitrogens with one attached hydrogen (secondary N) is 1. The predicted molar refractivity (Wildman–Crippen MR) is 78.7 cm³/mol. The predicted octanol–water partition coefficient (Wildman–Crippen LogP) is 1.32. The van der Waals surface area contributed by atoms with E-state index in [1.165, 1.54) is 0 Å². The van der Waals surface area contributed by atoms with Crippen molar-refractivity contribution >= 4 is 27.5 Å². The zero-order valence-corrected chi connectivity index (χ0v) is 13.0. The fraction of sp³-hybridized carbons (Fsp3) is 0.462. The van der Waals surface area contributed by atoms with E-state index in [4.69, 9.17) is 0 Å². The van der Waals surface area contributed by atoms with Crippen LogP contribution >= 0.6 is 15.9 Å². The number of hydrogen-bond donors (Lipinski definition) is 1. The van der Waals surface area contributed by atoms with Crippen molar-refractivity contribution in [3.63, 3.8) is 0 Å².